The zero-order valence-electron chi connectivity index (χ0n) is 18.5. The van der Waals surface area contributed by atoms with Crippen LogP contribution in [-0.2, 0) is 13.6 Å². The standard InChI is InChI=1S/C21H24FN7O5/c1-26-18(32)16(30)15(17(31)24-12-13-2-4-14(22)5-3-13)25-19(26)27-8-10-28(11-9-27)21(34)29-7-6-23-20(29)33/h2-5,30H,6-12H2,1H3,(H,23,33)(H,24,31). The van der Waals surface area contributed by atoms with Crippen molar-refractivity contribution in [2.75, 3.05) is 44.2 Å². The van der Waals surface area contributed by atoms with Crippen molar-refractivity contribution in [2.24, 2.45) is 7.05 Å². The van der Waals surface area contributed by atoms with Crippen LogP contribution in [0.5, 0.6) is 5.75 Å². The van der Waals surface area contributed by atoms with Gasteiger partial charge in [-0.25, -0.2) is 23.9 Å². The topological polar surface area (TPSA) is 140 Å². The second-order valence-electron chi connectivity index (χ2n) is 7.92. The number of halogens is 1. The molecule has 0 spiro atoms. The number of imide groups is 1. The number of urea groups is 2. The molecule has 2 saturated heterocycles. The third-order valence-corrected chi connectivity index (χ3v) is 5.75. The van der Waals surface area contributed by atoms with Gasteiger partial charge in [0.25, 0.3) is 11.5 Å². The lowest BCUT2D eigenvalue weighted by Crippen LogP contribution is -2.54. The Morgan fingerprint density at radius 1 is 1.12 bits per heavy atom. The third-order valence-electron chi connectivity index (χ3n) is 5.75. The first-order valence-corrected chi connectivity index (χ1v) is 10.7. The largest absolute Gasteiger partial charge is 0.501 e. The summed E-state index contributed by atoms with van der Waals surface area (Å²) >= 11 is 0. The van der Waals surface area contributed by atoms with Gasteiger partial charge in [0.05, 0.1) is 0 Å². The van der Waals surface area contributed by atoms with Crippen LogP contribution >= 0.6 is 0 Å². The average Bonchev–Trinajstić information content (AvgIpc) is 3.27. The van der Waals surface area contributed by atoms with Crippen LogP contribution < -0.4 is 21.1 Å². The molecule has 3 N–H and O–H groups in total. The Morgan fingerprint density at radius 3 is 2.41 bits per heavy atom. The fourth-order valence-corrected chi connectivity index (χ4v) is 3.81. The van der Waals surface area contributed by atoms with Crippen molar-refractivity contribution in [3.8, 4) is 5.75 Å². The summed E-state index contributed by atoms with van der Waals surface area (Å²) in [5, 5.41) is 15.4. The number of aromatic hydroxyl groups is 1. The number of amides is 5. The van der Waals surface area contributed by atoms with Crippen molar-refractivity contribution in [3.63, 3.8) is 0 Å². The van der Waals surface area contributed by atoms with Crippen LogP contribution in [0.4, 0.5) is 19.9 Å². The maximum Gasteiger partial charge on any atom is 0.328 e. The highest BCUT2D eigenvalue weighted by Gasteiger charge is 2.33. The second-order valence-corrected chi connectivity index (χ2v) is 7.92. The molecular formula is C21H24FN7O5. The summed E-state index contributed by atoms with van der Waals surface area (Å²) < 4.78 is 14.2. The molecule has 0 bridgehead atoms. The molecule has 1 aromatic carbocycles. The van der Waals surface area contributed by atoms with Gasteiger partial charge in [0.1, 0.15) is 5.82 Å². The molecule has 34 heavy (non-hydrogen) atoms. The summed E-state index contributed by atoms with van der Waals surface area (Å²) in [7, 11) is 1.43. The molecule has 2 aliphatic rings. The van der Waals surface area contributed by atoms with E-state index in [1.165, 1.54) is 36.2 Å². The molecule has 13 heteroatoms. The maximum absolute atomic E-state index is 13.1. The number of nitrogens with zero attached hydrogens (tertiary/aromatic N) is 5. The van der Waals surface area contributed by atoms with E-state index in [4.69, 9.17) is 0 Å². The molecular weight excluding hydrogens is 449 g/mol. The second kappa shape index (κ2) is 9.37. The molecule has 2 fully saturated rings. The van der Waals surface area contributed by atoms with Crippen LogP contribution in [0.25, 0.3) is 0 Å². The normalized spacial score (nSPS) is 15.9. The van der Waals surface area contributed by atoms with E-state index in [1.807, 2.05) is 0 Å². The lowest BCUT2D eigenvalue weighted by Gasteiger charge is -2.36. The quantitative estimate of drug-likeness (QED) is 0.560. The zero-order valence-corrected chi connectivity index (χ0v) is 18.5. The molecule has 1 aromatic heterocycles. The predicted octanol–water partition coefficient (Wildman–Crippen LogP) is -0.178. The van der Waals surface area contributed by atoms with E-state index in [2.05, 4.69) is 15.6 Å². The number of anilines is 1. The van der Waals surface area contributed by atoms with E-state index in [9.17, 15) is 28.7 Å². The average molecular weight is 473 g/mol. The van der Waals surface area contributed by atoms with Gasteiger partial charge >= 0.3 is 12.1 Å². The Hall–Kier alpha value is -4.16. The lowest BCUT2D eigenvalue weighted by atomic mass is 10.2. The van der Waals surface area contributed by atoms with E-state index >= 15 is 0 Å². The van der Waals surface area contributed by atoms with Gasteiger partial charge in [-0.15, -0.1) is 0 Å². The molecule has 3 heterocycles. The van der Waals surface area contributed by atoms with Crippen molar-refractivity contribution in [3.05, 3.63) is 51.7 Å². The van der Waals surface area contributed by atoms with Crippen LogP contribution in [0, 0.1) is 5.82 Å². The van der Waals surface area contributed by atoms with Gasteiger partial charge < -0.3 is 25.5 Å². The van der Waals surface area contributed by atoms with E-state index in [-0.39, 0.29) is 31.6 Å². The number of hydrogen-bond donors (Lipinski definition) is 3. The monoisotopic (exact) mass is 473 g/mol. The van der Waals surface area contributed by atoms with Crippen molar-refractivity contribution < 1.29 is 23.9 Å². The summed E-state index contributed by atoms with van der Waals surface area (Å²) in [6.07, 6.45) is 0. The van der Waals surface area contributed by atoms with Crippen LogP contribution in [0.2, 0.25) is 0 Å². The minimum absolute atomic E-state index is 0.0512. The first-order valence-electron chi connectivity index (χ1n) is 10.7. The zero-order chi connectivity index (χ0) is 24.4. The van der Waals surface area contributed by atoms with Crippen LogP contribution in [0.3, 0.4) is 0 Å². The molecule has 4 rings (SSSR count). The number of benzene rings is 1. The maximum atomic E-state index is 13.1. The van der Waals surface area contributed by atoms with Gasteiger partial charge in [0, 0.05) is 52.9 Å². The van der Waals surface area contributed by atoms with Gasteiger partial charge in [0.2, 0.25) is 11.7 Å². The van der Waals surface area contributed by atoms with E-state index in [0.29, 0.717) is 31.7 Å². The number of hydrogen-bond acceptors (Lipinski definition) is 7. The molecule has 0 radical (unpaired) electrons. The highest BCUT2D eigenvalue weighted by molar-refractivity contribution is 5.95. The Kier molecular flexibility index (Phi) is 6.34. The Morgan fingerprint density at radius 2 is 1.79 bits per heavy atom. The summed E-state index contributed by atoms with van der Waals surface area (Å²) in [5.74, 6) is -1.77. The van der Waals surface area contributed by atoms with Gasteiger partial charge in [-0.05, 0) is 17.7 Å². The molecule has 0 atom stereocenters. The van der Waals surface area contributed by atoms with Gasteiger partial charge in [-0.2, -0.15) is 0 Å². The fourth-order valence-electron chi connectivity index (χ4n) is 3.81. The first kappa shape index (κ1) is 23.0. The molecule has 0 unspecified atom stereocenters. The SMILES string of the molecule is Cn1c(N2CCN(C(=O)N3CCNC3=O)CC2)nc(C(=O)NCc2ccc(F)cc2)c(O)c1=O. The van der Waals surface area contributed by atoms with E-state index < -0.39 is 34.8 Å². The molecule has 5 amide bonds. The van der Waals surface area contributed by atoms with Crippen LogP contribution in [0.15, 0.2) is 29.1 Å². The number of nitrogens with one attached hydrogen (secondary N) is 2. The Bertz CT molecular complexity index is 1180. The third kappa shape index (κ3) is 4.49. The number of carbonyl (C=O) groups is 3. The molecule has 0 saturated carbocycles. The fraction of sp³-hybridized carbons (Fsp3) is 0.381. The summed E-state index contributed by atoms with van der Waals surface area (Å²) in [5.41, 5.74) is -0.581. The molecule has 0 aliphatic carbocycles. The molecule has 180 valence electrons. The van der Waals surface area contributed by atoms with Gasteiger partial charge in [-0.1, -0.05) is 12.1 Å². The number of piperazine rings is 1. The number of rotatable bonds is 4. The molecule has 12 nitrogen and oxygen atoms in total. The molecule has 2 aromatic rings. The van der Waals surface area contributed by atoms with Crippen molar-refractivity contribution in [2.45, 2.75) is 6.54 Å². The Labute approximate surface area is 193 Å². The van der Waals surface area contributed by atoms with E-state index in [0.717, 1.165) is 9.47 Å². The van der Waals surface area contributed by atoms with Crippen LogP contribution in [0.1, 0.15) is 16.1 Å². The minimum Gasteiger partial charge on any atom is -0.501 e. The minimum atomic E-state index is -0.788. The first-order chi connectivity index (χ1) is 16.3. The highest BCUT2D eigenvalue weighted by atomic mass is 19.1. The lowest BCUT2D eigenvalue weighted by molar-refractivity contribution is 0.0942. The van der Waals surface area contributed by atoms with Crippen LogP contribution in [-0.4, -0.2) is 81.7 Å². The van der Waals surface area contributed by atoms with Crippen molar-refractivity contribution in [1.82, 2.24) is 30.0 Å². The molecule has 2 aliphatic heterocycles. The Balaban J connectivity index is 1.46. The highest BCUT2D eigenvalue weighted by Crippen LogP contribution is 2.18. The number of aromatic nitrogens is 2. The van der Waals surface area contributed by atoms with Crippen molar-refractivity contribution in [1.29, 1.82) is 0 Å². The summed E-state index contributed by atoms with van der Waals surface area (Å²) in [4.78, 5) is 58.2. The van der Waals surface area contributed by atoms with Gasteiger partial charge in [0.15, 0.2) is 5.69 Å². The summed E-state index contributed by atoms with van der Waals surface area (Å²) in [6.45, 7) is 1.96. The summed E-state index contributed by atoms with van der Waals surface area (Å²) in [6, 6.07) is 4.72. The van der Waals surface area contributed by atoms with Crippen molar-refractivity contribution >= 4 is 23.9 Å². The van der Waals surface area contributed by atoms with E-state index in [1.54, 1.807) is 4.90 Å². The van der Waals surface area contributed by atoms with Gasteiger partial charge in [-0.3, -0.25) is 14.2 Å². The predicted molar refractivity (Wildman–Crippen MR) is 118 cm³/mol. The smallest absolute Gasteiger partial charge is 0.328 e. The number of carbonyl (C=O) groups excluding carboxylic acids is 3.